The lowest BCUT2D eigenvalue weighted by Crippen LogP contribution is -2.15. The van der Waals surface area contributed by atoms with Crippen LogP contribution in [0, 0.1) is 5.82 Å². The normalized spacial score (nSPS) is 10.2. The van der Waals surface area contributed by atoms with E-state index in [0.717, 1.165) is 6.07 Å². The Labute approximate surface area is 130 Å². The molecule has 7 heteroatoms. The Kier molecular flexibility index (Phi) is 4.40. The van der Waals surface area contributed by atoms with Gasteiger partial charge in [0, 0.05) is 16.8 Å². The molecule has 4 nitrogen and oxygen atoms in total. The molecule has 0 bridgehead atoms. The molecule has 2 aromatic rings. The molecule has 0 saturated carbocycles. The predicted octanol–water partition coefficient (Wildman–Crippen LogP) is 3.07. The van der Waals surface area contributed by atoms with Crippen molar-refractivity contribution in [2.24, 2.45) is 5.73 Å². The minimum absolute atomic E-state index is 0.0477. The standard InChI is InChI=1S/C14H10ClFN2O2S/c15-10-5-7(1-4-12(10)19)14(20)18-8-2-3-11(16)9(6-8)13(17)21/h1-6,19H,(H2,17,21)(H,18,20). The Morgan fingerprint density at radius 3 is 2.62 bits per heavy atom. The number of amides is 1. The first-order valence-electron chi connectivity index (χ1n) is 5.77. The number of hydrogen-bond donors (Lipinski definition) is 3. The molecule has 2 aromatic carbocycles. The third kappa shape index (κ3) is 3.48. The van der Waals surface area contributed by atoms with Gasteiger partial charge in [-0.15, -0.1) is 0 Å². The number of halogens is 2. The van der Waals surface area contributed by atoms with Crippen LogP contribution in [0.15, 0.2) is 36.4 Å². The number of carbonyl (C=O) groups excluding carboxylic acids is 1. The fraction of sp³-hybridized carbons (Fsp3) is 0. The van der Waals surface area contributed by atoms with E-state index in [0.29, 0.717) is 5.69 Å². The molecule has 0 saturated heterocycles. The number of benzene rings is 2. The maximum atomic E-state index is 13.5. The zero-order valence-corrected chi connectivity index (χ0v) is 12.1. The first-order valence-corrected chi connectivity index (χ1v) is 6.56. The van der Waals surface area contributed by atoms with E-state index >= 15 is 0 Å². The number of phenolic OH excluding ortho intramolecular Hbond substituents is 1. The fourth-order valence-corrected chi connectivity index (χ4v) is 1.98. The summed E-state index contributed by atoms with van der Waals surface area (Å²) < 4.78 is 13.5. The molecule has 0 spiro atoms. The lowest BCUT2D eigenvalue weighted by atomic mass is 10.1. The molecule has 0 aromatic heterocycles. The van der Waals surface area contributed by atoms with E-state index < -0.39 is 11.7 Å². The van der Waals surface area contributed by atoms with Crippen molar-refractivity contribution < 1.29 is 14.3 Å². The van der Waals surface area contributed by atoms with Crippen LogP contribution in [0.2, 0.25) is 5.02 Å². The van der Waals surface area contributed by atoms with Crippen LogP contribution >= 0.6 is 23.8 Å². The summed E-state index contributed by atoms with van der Waals surface area (Å²) in [5.41, 5.74) is 6.03. The highest BCUT2D eigenvalue weighted by Gasteiger charge is 2.11. The number of nitrogens with two attached hydrogens (primary N) is 1. The van der Waals surface area contributed by atoms with Crippen molar-refractivity contribution in [2.45, 2.75) is 0 Å². The maximum Gasteiger partial charge on any atom is 0.255 e. The highest BCUT2D eigenvalue weighted by atomic mass is 35.5. The van der Waals surface area contributed by atoms with E-state index in [9.17, 15) is 14.3 Å². The summed E-state index contributed by atoms with van der Waals surface area (Å²) in [5.74, 6) is -1.14. The molecule has 1 amide bonds. The average Bonchev–Trinajstić information content (AvgIpc) is 2.43. The van der Waals surface area contributed by atoms with Gasteiger partial charge in [-0.2, -0.15) is 0 Å². The Morgan fingerprint density at radius 2 is 2.00 bits per heavy atom. The number of aromatic hydroxyl groups is 1. The molecule has 21 heavy (non-hydrogen) atoms. The number of nitrogens with one attached hydrogen (secondary N) is 1. The van der Waals surface area contributed by atoms with E-state index in [4.69, 9.17) is 29.6 Å². The molecule has 0 aliphatic heterocycles. The van der Waals surface area contributed by atoms with Gasteiger partial charge in [0.15, 0.2) is 0 Å². The van der Waals surface area contributed by atoms with Crippen LogP contribution in [-0.4, -0.2) is 16.0 Å². The molecule has 0 aliphatic rings. The van der Waals surface area contributed by atoms with Crippen LogP contribution in [0.5, 0.6) is 5.75 Å². The lowest BCUT2D eigenvalue weighted by molar-refractivity contribution is 0.102. The van der Waals surface area contributed by atoms with Gasteiger partial charge in [-0.1, -0.05) is 23.8 Å². The summed E-state index contributed by atoms with van der Waals surface area (Å²) in [5, 5.41) is 11.9. The van der Waals surface area contributed by atoms with Gasteiger partial charge in [0.05, 0.1) is 5.02 Å². The predicted molar refractivity (Wildman–Crippen MR) is 83.4 cm³/mol. The van der Waals surface area contributed by atoms with Gasteiger partial charge in [-0.25, -0.2) is 4.39 Å². The molecule has 2 rings (SSSR count). The Hall–Kier alpha value is -2.18. The summed E-state index contributed by atoms with van der Waals surface area (Å²) in [6.45, 7) is 0. The molecule has 0 radical (unpaired) electrons. The Morgan fingerprint density at radius 1 is 1.29 bits per heavy atom. The van der Waals surface area contributed by atoms with Gasteiger partial charge in [0.2, 0.25) is 0 Å². The van der Waals surface area contributed by atoms with Gasteiger partial charge in [-0.3, -0.25) is 4.79 Å². The monoisotopic (exact) mass is 324 g/mol. The van der Waals surface area contributed by atoms with E-state index in [1.165, 1.54) is 30.3 Å². The van der Waals surface area contributed by atoms with Crippen LogP contribution < -0.4 is 11.1 Å². The van der Waals surface area contributed by atoms with Gasteiger partial charge < -0.3 is 16.2 Å². The second kappa shape index (κ2) is 6.07. The molecule has 108 valence electrons. The van der Waals surface area contributed by atoms with Crippen LogP contribution in [0.25, 0.3) is 0 Å². The van der Waals surface area contributed by atoms with Gasteiger partial charge in [0.1, 0.15) is 16.6 Å². The smallest absolute Gasteiger partial charge is 0.255 e. The van der Waals surface area contributed by atoms with Gasteiger partial charge >= 0.3 is 0 Å². The number of phenols is 1. The van der Waals surface area contributed by atoms with Crippen LogP contribution in [0.4, 0.5) is 10.1 Å². The first-order chi connectivity index (χ1) is 9.88. The molecule has 0 aliphatic carbocycles. The molecule has 0 atom stereocenters. The van der Waals surface area contributed by atoms with Crippen molar-refractivity contribution in [1.82, 2.24) is 0 Å². The number of rotatable bonds is 3. The Bertz CT molecular complexity index is 737. The highest BCUT2D eigenvalue weighted by molar-refractivity contribution is 7.80. The third-order valence-corrected chi connectivity index (χ3v) is 3.22. The molecular formula is C14H10ClFN2O2S. The molecule has 0 unspecified atom stereocenters. The lowest BCUT2D eigenvalue weighted by Gasteiger charge is -2.08. The zero-order chi connectivity index (χ0) is 15.6. The average molecular weight is 325 g/mol. The minimum Gasteiger partial charge on any atom is -0.506 e. The summed E-state index contributed by atoms with van der Waals surface area (Å²) >= 11 is 10.5. The van der Waals surface area contributed by atoms with Crippen LogP contribution in [0.1, 0.15) is 15.9 Å². The number of anilines is 1. The second-order valence-electron chi connectivity index (χ2n) is 4.18. The van der Waals surface area contributed by atoms with Crippen molar-refractivity contribution in [3.05, 3.63) is 58.4 Å². The zero-order valence-electron chi connectivity index (χ0n) is 10.6. The van der Waals surface area contributed by atoms with E-state index in [-0.39, 0.29) is 26.9 Å². The largest absolute Gasteiger partial charge is 0.506 e. The number of thiocarbonyl (C=S) groups is 1. The van der Waals surface area contributed by atoms with Crippen molar-refractivity contribution in [3.63, 3.8) is 0 Å². The summed E-state index contributed by atoms with van der Waals surface area (Å²) in [7, 11) is 0. The van der Waals surface area contributed by atoms with Gasteiger partial charge in [0.25, 0.3) is 5.91 Å². The SMILES string of the molecule is NC(=S)c1cc(NC(=O)c2ccc(O)c(Cl)c2)ccc1F. The summed E-state index contributed by atoms with van der Waals surface area (Å²) in [6.07, 6.45) is 0. The van der Waals surface area contributed by atoms with Crippen LogP contribution in [0.3, 0.4) is 0 Å². The fourth-order valence-electron chi connectivity index (χ4n) is 1.64. The van der Waals surface area contributed by atoms with Crippen molar-refractivity contribution in [3.8, 4) is 5.75 Å². The minimum atomic E-state index is -0.562. The highest BCUT2D eigenvalue weighted by Crippen LogP contribution is 2.24. The molecule has 4 N–H and O–H groups in total. The number of carbonyl (C=O) groups is 1. The summed E-state index contributed by atoms with van der Waals surface area (Å²) in [4.78, 5) is 11.9. The molecule has 0 fully saturated rings. The summed E-state index contributed by atoms with van der Waals surface area (Å²) in [6, 6.07) is 7.93. The molecular weight excluding hydrogens is 315 g/mol. The van der Waals surface area contributed by atoms with Crippen molar-refractivity contribution in [1.29, 1.82) is 0 Å². The Balaban J connectivity index is 2.25. The molecule has 0 heterocycles. The number of hydrogen-bond acceptors (Lipinski definition) is 3. The maximum absolute atomic E-state index is 13.5. The topological polar surface area (TPSA) is 75.3 Å². The van der Waals surface area contributed by atoms with Crippen LogP contribution in [-0.2, 0) is 0 Å². The van der Waals surface area contributed by atoms with E-state index in [1.54, 1.807) is 0 Å². The quantitative estimate of drug-likeness (QED) is 0.758. The van der Waals surface area contributed by atoms with Crippen molar-refractivity contribution >= 4 is 40.4 Å². The van der Waals surface area contributed by atoms with E-state index in [1.807, 2.05) is 0 Å². The van der Waals surface area contributed by atoms with Gasteiger partial charge in [-0.05, 0) is 36.4 Å². The third-order valence-electron chi connectivity index (χ3n) is 2.70. The first kappa shape index (κ1) is 15.2. The van der Waals surface area contributed by atoms with Crippen molar-refractivity contribution in [2.75, 3.05) is 5.32 Å². The van der Waals surface area contributed by atoms with E-state index in [2.05, 4.69) is 5.32 Å². The second-order valence-corrected chi connectivity index (χ2v) is 5.03.